The van der Waals surface area contributed by atoms with Crippen molar-refractivity contribution in [2.24, 2.45) is 5.92 Å². The minimum Gasteiger partial charge on any atom is -0.467 e. The molecule has 0 aliphatic carbocycles. The van der Waals surface area contributed by atoms with Crippen LogP contribution in [0.2, 0.25) is 5.02 Å². The Kier molecular flexibility index (Phi) is 3.96. The maximum atomic E-state index is 13.3. The van der Waals surface area contributed by atoms with Crippen LogP contribution in [0.4, 0.5) is 11.4 Å². The normalized spacial score (nSPS) is 24.1. The van der Waals surface area contributed by atoms with E-state index in [2.05, 4.69) is 0 Å². The Morgan fingerprint density at radius 3 is 2.25 bits per heavy atom. The summed E-state index contributed by atoms with van der Waals surface area (Å²) >= 11 is 5.93. The van der Waals surface area contributed by atoms with Crippen LogP contribution in [0.5, 0.6) is 0 Å². The zero-order chi connectivity index (χ0) is 19.3. The van der Waals surface area contributed by atoms with Crippen LogP contribution in [0, 0.1) is 5.92 Å². The molecule has 0 N–H and O–H groups in total. The molecule has 7 heteroatoms. The van der Waals surface area contributed by atoms with Crippen molar-refractivity contribution in [3.8, 4) is 0 Å². The fourth-order valence-electron chi connectivity index (χ4n) is 3.81. The summed E-state index contributed by atoms with van der Waals surface area (Å²) in [4.78, 5) is 33.5. The number of imide groups is 1. The predicted octanol–water partition coefficient (Wildman–Crippen LogP) is 3.98. The summed E-state index contributed by atoms with van der Waals surface area (Å²) in [6, 6.07) is 18.9. The molecule has 3 unspecified atom stereocenters. The van der Waals surface area contributed by atoms with Gasteiger partial charge in [0, 0.05) is 5.02 Å². The number of nitrogens with zero attached hydrogens (tertiary/aromatic N) is 2. The Morgan fingerprint density at radius 2 is 1.57 bits per heavy atom. The number of furan rings is 1. The molecule has 3 aromatic rings. The number of hydroxylamine groups is 1. The predicted molar refractivity (Wildman–Crippen MR) is 103 cm³/mol. The SMILES string of the molecule is O=C1C2ON(c3ccccc3)C(c3ccco3)C2C(=O)N1c1ccc(Cl)cc1. The van der Waals surface area contributed by atoms with E-state index in [-0.39, 0.29) is 5.91 Å². The first-order chi connectivity index (χ1) is 13.6. The highest BCUT2D eigenvalue weighted by molar-refractivity contribution is 6.31. The maximum Gasteiger partial charge on any atom is 0.266 e. The molecule has 5 rings (SSSR count). The first kappa shape index (κ1) is 17.0. The van der Waals surface area contributed by atoms with Gasteiger partial charge in [-0.15, -0.1) is 0 Å². The van der Waals surface area contributed by atoms with Crippen molar-refractivity contribution in [1.82, 2.24) is 0 Å². The van der Waals surface area contributed by atoms with Crippen LogP contribution in [0.15, 0.2) is 77.4 Å². The molecule has 2 saturated heterocycles. The summed E-state index contributed by atoms with van der Waals surface area (Å²) < 4.78 is 5.60. The molecule has 3 heterocycles. The van der Waals surface area contributed by atoms with Gasteiger partial charge in [0.25, 0.3) is 5.91 Å². The standard InChI is InChI=1S/C21H15ClN2O4/c22-13-8-10-14(11-9-13)23-20(25)17-18(16-7-4-12-27-16)24(28-19(17)21(23)26)15-5-2-1-3-6-15/h1-12,17-19H. The number of carbonyl (C=O) groups excluding carboxylic acids is 2. The average molecular weight is 395 g/mol. The van der Waals surface area contributed by atoms with E-state index in [0.29, 0.717) is 16.5 Å². The number of amides is 2. The van der Waals surface area contributed by atoms with Crippen molar-refractivity contribution in [3.05, 3.63) is 83.8 Å². The second kappa shape index (κ2) is 6.51. The number of benzene rings is 2. The van der Waals surface area contributed by atoms with E-state index in [1.165, 1.54) is 4.90 Å². The Morgan fingerprint density at radius 1 is 0.821 bits per heavy atom. The molecular formula is C21H15ClN2O4. The van der Waals surface area contributed by atoms with Gasteiger partial charge in [0.15, 0.2) is 6.10 Å². The van der Waals surface area contributed by atoms with Gasteiger partial charge in [0.2, 0.25) is 5.91 Å². The summed E-state index contributed by atoms with van der Waals surface area (Å²) in [5, 5.41) is 2.13. The van der Waals surface area contributed by atoms with Gasteiger partial charge in [-0.1, -0.05) is 29.8 Å². The largest absolute Gasteiger partial charge is 0.467 e. The van der Waals surface area contributed by atoms with E-state index >= 15 is 0 Å². The van der Waals surface area contributed by atoms with Crippen LogP contribution in [-0.4, -0.2) is 17.9 Å². The number of anilines is 2. The molecule has 2 fully saturated rings. The molecule has 6 nitrogen and oxygen atoms in total. The number of hydrogen-bond acceptors (Lipinski definition) is 5. The summed E-state index contributed by atoms with van der Waals surface area (Å²) in [5.74, 6) is -0.866. The van der Waals surface area contributed by atoms with Crippen molar-refractivity contribution >= 4 is 34.8 Å². The van der Waals surface area contributed by atoms with Crippen molar-refractivity contribution in [2.75, 3.05) is 9.96 Å². The Balaban J connectivity index is 1.56. The molecule has 2 aliphatic heterocycles. The van der Waals surface area contributed by atoms with Gasteiger partial charge in [-0.3, -0.25) is 14.4 Å². The fourth-order valence-corrected chi connectivity index (χ4v) is 3.93. The summed E-state index contributed by atoms with van der Waals surface area (Å²) in [6.45, 7) is 0. The maximum absolute atomic E-state index is 13.3. The number of rotatable bonds is 3. The lowest BCUT2D eigenvalue weighted by Gasteiger charge is -2.27. The van der Waals surface area contributed by atoms with Crippen LogP contribution in [0.25, 0.3) is 0 Å². The van der Waals surface area contributed by atoms with Crippen LogP contribution >= 0.6 is 11.6 Å². The van der Waals surface area contributed by atoms with Gasteiger partial charge in [0.1, 0.15) is 17.7 Å². The van der Waals surface area contributed by atoms with E-state index < -0.39 is 24.0 Å². The number of para-hydroxylation sites is 1. The second-order valence-electron chi connectivity index (χ2n) is 6.66. The van der Waals surface area contributed by atoms with E-state index in [1.54, 1.807) is 47.7 Å². The summed E-state index contributed by atoms with van der Waals surface area (Å²) in [5.41, 5.74) is 1.22. The molecule has 2 aromatic carbocycles. The third kappa shape index (κ3) is 2.53. The molecule has 0 radical (unpaired) electrons. The molecule has 0 saturated carbocycles. The zero-order valence-corrected chi connectivity index (χ0v) is 15.3. The van der Waals surface area contributed by atoms with Crippen LogP contribution < -0.4 is 9.96 Å². The number of hydrogen-bond donors (Lipinski definition) is 0. The number of halogens is 1. The van der Waals surface area contributed by atoms with E-state index in [9.17, 15) is 9.59 Å². The minimum atomic E-state index is -0.918. The lowest BCUT2D eigenvalue weighted by molar-refractivity contribution is -0.126. The summed E-state index contributed by atoms with van der Waals surface area (Å²) in [7, 11) is 0. The highest BCUT2D eigenvalue weighted by atomic mass is 35.5. The molecule has 140 valence electrons. The minimum absolute atomic E-state index is 0.322. The average Bonchev–Trinajstić information content (AvgIpc) is 3.42. The number of carbonyl (C=O) groups is 2. The van der Waals surface area contributed by atoms with Gasteiger partial charge in [-0.05, 0) is 48.5 Å². The molecule has 2 amide bonds. The molecule has 28 heavy (non-hydrogen) atoms. The number of fused-ring (bicyclic) bond motifs is 1. The third-order valence-corrected chi connectivity index (χ3v) is 5.30. The third-order valence-electron chi connectivity index (χ3n) is 5.05. The van der Waals surface area contributed by atoms with Crippen LogP contribution in [0.1, 0.15) is 11.8 Å². The quantitative estimate of drug-likeness (QED) is 0.629. The van der Waals surface area contributed by atoms with Crippen LogP contribution in [0.3, 0.4) is 0 Å². The van der Waals surface area contributed by atoms with Crippen LogP contribution in [-0.2, 0) is 14.4 Å². The Bertz CT molecular complexity index is 1020. The monoisotopic (exact) mass is 394 g/mol. The Labute approximate surface area is 165 Å². The zero-order valence-electron chi connectivity index (χ0n) is 14.6. The molecule has 0 spiro atoms. The topological polar surface area (TPSA) is 63.0 Å². The van der Waals surface area contributed by atoms with E-state index in [1.807, 2.05) is 30.3 Å². The van der Waals surface area contributed by atoms with E-state index in [0.717, 1.165) is 5.69 Å². The molecule has 0 bridgehead atoms. The van der Waals surface area contributed by atoms with Gasteiger partial charge in [0.05, 0.1) is 17.6 Å². The Hall–Kier alpha value is -3.09. The van der Waals surface area contributed by atoms with Crippen molar-refractivity contribution in [2.45, 2.75) is 12.1 Å². The van der Waals surface area contributed by atoms with Gasteiger partial charge in [-0.25, -0.2) is 9.96 Å². The highest BCUT2D eigenvalue weighted by Crippen LogP contribution is 2.47. The lowest BCUT2D eigenvalue weighted by Crippen LogP contribution is -2.37. The smallest absolute Gasteiger partial charge is 0.266 e. The van der Waals surface area contributed by atoms with Crippen molar-refractivity contribution in [3.63, 3.8) is 0 Å². The molecule has 1 aromatic heterocycles. The fraction of sp³-hybridized carbons (Fsp3) is 0.143. The van der Waals surface area contributed by atoms with Gasteiger partial charge < -0.3 is 4.42 Å². The van der Waals surface area contributed by atoms with Crippen molar-refractivity contribution < 1.29 is 18.8 Å². The molecule has 2 aliphatic rings. The first-order valence-corrected chi connectivity index (χ1v) is 9.21. The van der Waals surface area contributed by atoms with Crippen molar-refractivity contribution in [1.29, 1.82) is 0 Å². The lowest BCUT2D eigenvalue weighted by atomic mass is 9.94. The highest BCUT2D eigenvalue weighted by Gasteiger charge is 2.61. The van der Waals surface area contributed by atoms with Gasteiger partial charge >= 0.3 is 0 Å². The first-order valence-electron chi connectivity index (χ1n) is 8.83. The summed E-state index contributed by atoms with van der Waals surface area (Å²) in [6.07, 6.45) is 0.628. The molecular weight excluding hydrogens is 380 g/mol. The second-order valence-corrected chi connectivity index (χ2v) is 7.10. The molecule has 3 atom stereocenters. The van der Waals surface area contributed by atoms with E-state index in [4.69, 9.17) is 20.9 Å². The van der Waals surface area contributed by atoms with Gasteiger partial charge in [-0.2, -0.15) is 0 Å².